The quantitative estimate of drug-likeness (QED) is 0.392. The van der Waals surface area contributed by atoms with Gasteiger partial charge < -0.3 is 35.6 Å². The fourth-order valence-electron chi connectivity index (χ4n) is 2.42. The van der Waals surface area contributed by atoms with Gasteiger partial charge in [-0.05, 0) is 0 Å². The lowest BCUT2D eigenvalue weighted by molar-refractivity contribution is -0.0511. The molecule has 23 heavy (non-hydrogen) atoms. The summed E-state index contributed by atoms with van der Waals surface area (Å²) in [6, 6.07) is -0.0578. The minimum absolute atomic E-state index is 0.00701. The maximum absolute atomic E-state index is 10.1. The molecule has 0 aliphatic carbocycles. The van der Waals surface area contributed by atoms with E-state index >= 15 is 0 Å². The van der Waals surface area contributed by atoms with Crippen molar-refractivity contribution in [1.29, 1.82) is 0 Å². The summed E-state index contributed by atoms with van der Waals surface area (Å²) >= 11 is 0. The minimum atomic E-state index is -1.28. The van der Waals surface area contributed by atoms with E-state index in [1.54, 1.807) is 0 Å². The summed E-state index contributed by atoms with van der Waals surface area (Å²) in [7, 11) is 0. The van der Waals surface area contributed by atoms with E-state index in [1.165, 1.54) is 10.9 Å². The normalized spacial score (nSPS) is 27.7. The van der Waals surface area contributed by atoms with E-state index in [4.69, 9.17) is 25.4 Å². The van der Waals surface area contributed by atoms with Crippen molar-refractivity contribution in [2.24, 2.45) is 0 Å². The number of hydrogen-bond acceptors (Lipinski definition) is 10. The molecule has 1 aliphatic rings. The second kappa shape index (κ2) is 6.22. The minimum Gasteiger partial charge on any atom is -0.461 e. The second-order valence-corrected chi connectivity index (χ2v) is 5.02. The van der Waals surface area contributed by atoms with Crippen LogP contribution in [0.15, 0.2) is 6.33 Å². The van der Waals surface area contributed by atoms with Gasteiger partial charge in [-0.15, -0.1) is 0 Å². The molecule has 0 spiro atoms. The van der Waals surface area contributed by atoms with E-state index in [2.05, 4.69) is 15.0 Å². The molecule has 1 saturated heterocycles. The van der Waals surface area contributed by atoms with Gasteiger partial charge in [0, 0.05) is 0 Å². The summed E-state index contributed by atoms with van der Waals surface area (Å²) in [6.45, 7) is -0.661. The third-order valence-electron chi connectivity index (χ3n) is 3.54. The Kier molecular flexibility index (Phi) is 4.28. The van der Waals surface area contributed by atoms with Crippen LogP contribution in [-0.4, -0.2) is 78.1 Å². The predicted octanol–water partition coefficient (Wildman–Crippen LogP) is -2.61. The topological polar surface area (TPSA) is 169 Å². The summed E-state index contributed by atoms with van der Waals surface area (Å²) < 4.78 is 12.0. The molecule has 0 saturated carbocycles. The molecule has 0 amide bonds. The average molecular weight is 327 g/mol. The number of rotatable bonds is 5. The molecule has 0 radical (unpaired) electrons. The van der Waals surface area contributed by atoms with Crippen molar-refractivity contribution < 1.29 is 29.9 Å². The number of imidazole rings is 1. The van der Waals surface area contributed by atoms with E-state index in [-0.39, 0.29) is 36.2 Å². The first kappa shape index (κ1) is 15.8. The zero-order chi connectivity index (χ0) is 16.6. The highest BCUT2D eigenvalue weighted by molar-refractivity contribution is 5.82. The lowest BCUT2D eigenvalue weighted by atomic mass is 10.1. The first-order valence-corrected chi connectivity index (χ1v) is 6.93. The number of anilines is 1. The van der Waals surface area contributed by atoms with Crippen molar-refractivity contribution >= 4 is 17.0 Å². The van der Waals surface area contributed by atoms with Crippen LogP contribution in [0.5, 0.6) is 6.01 Å². The van der Waals surface area contributed by atoms with E-state index in [0.717, 1.165) is 0 Å². The monoisotopic (exact) mass is 327 g/mol. The van der Waals surface area contributed by atoms with Gasteiger partial charge in [-0.1, -0.05) is 0 Å². The van der Waals surface area contributed by atoms with E-state index < -0.39 is 31.1 Å². The fraction of sp³-hybridized carbons (Fsp3) is 0.583. The van der Waals surface area contributed by atoms with Crippen molar-refractivity contribution in [2.75, 3.05) is 25.6 Å². The zero-order valence-corrected chi connectivity index (χ0v) is 12.0. The summed E-state index contributed by atoms with van der Waals surface area (Å²) in [6.07, 6.45) is -3.09. The van der Waals surface area contributed by atoms with Crippen molar-refractivity contribution in [3.63, 3.8) is 0 Å². The van der Waals surface area contributed by atoms with E-state index in [0.29, 0.717) is 0 Å². The molecule has 2 aromatic rings. The largest absolute Gasteiger partial charge is 0.461 e. The molecule has 11 nitrogen and oxygen atoms in total. The maximum Gasteiger partial charge on any atom is 0.320 e. The van der Waals surface area contributed by atoms with Gasteiger partial charge in [-0.25, -0.2) is 4.98 Å². The molecule has 3 heterocycles. The highest BCUT2D eigenvalue weighted by Gasteiger charge is 2.44. The lowest BCUT2D eigenvalue weighted by Gasteiger charge is -2.16. The van der Waals surface area contributed by atoms with Crippen LogP contribution in [-0.2, 0) is 4.74 Å². The van der Waals surface area contributed by atoms with Gasteiger partial charge in [0.15, 0.2) is 23.2 Å². The summed E-state index contributed by atoms with van der Waals surface area (Å²) in [5.41, 5.74) is 6.31. The highest BCUT2D eigenvalue weighted by Crippen LogP contribution is 2.32. The standard InChI is InChI=1S/C12H17N5O6/c13-9-6-10(16-12(15-9)22-2-1-18)17(4-14-6)11-8(21)7(20)5(3-19)23-11/h4-5,7-8,11,18-21H,1-3H2,(H2,13,15,16)/t5-,7?,8?,11-/m1/s1. The maximum atomic E-state index is 10.1. The molecule has 4 atom stereocenters. The number of ether oxygens (including phenoxy) is 2. The van der Waals surface area contributed by atoms with Gasteiger partial charge in [-0.2, -0.15) is 9.97 Å². The van der Waals surface area contributed by atoms with Gasteiger partial charge >= 0.3 is 6.01 Å². The molecule has 6 N–H and O–H groups in total. The Morgan fingerprint density at radius 1 is 1.26 bits per heavy atom. The number of nitrogen functional groups attached to an aromatic ring is 1. The second-order valence-electron chi connectivity index (χ2n) is 5.02. The van der Waals surface area contributed by atoms with Crippen LogP contribution < -0.4 is 10.5 Å². The van der Waals surface area contributed by atoms with E-state index in [9.17, 15) is 10.2 Å². The summed E-state index contributed by atoms with van der Waals surface area (Å²) in [5.74, 6) is 0.0634. The first-order chi connectivity index (χ1) is 11.1. The van der Waals surface area contributed by atoms with Crippen molar-refractivity contribution in [3.8, 4) is 6.01 Å². The smallest absolute Gasteiger partial charge is 0.320 e. The molecular formula is C12H17N5O6. The van der Waals surface area contributed by atoms with E-state index in [1.807, 2.05) is 0 Å². The Morgan fingerprint density at radius 2 is 2.04 bits per heavy atom. The zero-order valence-electron chi connectivity index (χ0n) is 12.0. The number of aromatic nitrogens is 4. The molecular weight excluding hydrogens is 310 g/mol. The molecule has 0 aromatic carbocycles. The number of fused-ring (bicyclic) bond motifs is 1. The molecule has 1 aliphatic heterocycles. The Morgan fingerprint density at radius 3 is 2.70 bits per heavy atom. The molecule has 1 fully saturated rings. The Balaban J connectivity index is 1.99. The van der Waals surface area contributed by atoms with Crippen LogP contribution in [0.4, 0.5) is 5.82 Å². The van der Waals surface area contributed by atoms with Crippen molar-refractivity contribution in [1.82, 2.24) is 19.5 Å². The third kappa shape index (κ3) is 2.68. The molecule has 0 bridgehead atoms. The number of hydrogen-bond donors (Lipinski definition) is 5. The van der Waals surface area contributed by atoms with Crippen molar-refractivity contribution in [3.05, 3.63) is 6.33 Å². The van der Waals surface area contributed by atoms with Crippen LogP contribution >= 0.6 is 0 Å². The van der Waals surface area contributed by atoms with Crippen LogP contribution in [0.3, 0.4) is 0 Å². The lowest BCUT2D eigenvalue weighted by Crippen LogP contribution is -2.33. The SMILES string of the molecule is Nc1nc(OCCO)nc2c1ncn2[C@@H]1O[C@H](CO)C(O)C1O. The number of aliphatic hydroxyl groups excluding tert-OH is 4. The number of nitrogens with two attached hydrogens (primary N) is 1. The fourth-order valence-corrected chi connectivity index (χ4v) is 2.42. The Labute approximate surface area is 129 Å². The van der Waals surface area contributed by atoms with Gasteiger partial charge in [0.25, 0.3) is 0 Å². The highest BCUT2D eigenvalue weighted by atomic mass is 16.6. The molecule has 2 unspecified atom stereocenters. The predicted molar refractivity (Wildman–Crippen MR) is 75.3 cm³/mol. The van der Waals surface area contributed by atoms with Crippen LogP contribution in [0, 0.1) is 0 Å². The number of aliphatic hydroxyl groups is 4. The Bertz CT molecular complexity index is 694. The van der Waals surface area contributed by atoms with Crippen molar-refractivity contribution in [2.45, 2.75) is 24.5 Å². The van der Waals surface area contributed by atoms with Crippen LogP contribution in [0.25, 0.3) is 11.2 Å². The van der Waals surface area contributed by atoms with Crippen LogP contribution in [0.1, 0.15) is 6.23 Å². The summed E-state index contributed by atoms with van der Waals surface area (Å²) in [4.78, 5) is 12.1. The molecule has 126 valence electrons. The molecule has 11 heteroatoms. The third-order valence-corrected chi connectivity index (χ3v) is 3.54. The van der Waals surface area contributed by atoms with Crippen LogP contribution in [0.2, 0.25) is 0 Å². The average Bonchev–Trinajstić information content (AvgIpc) is 3.08. The Hall–Kier alpha value is -2.05. The molecule has 3 rings (SSSR count). The van der Waals surface area contributed by atoms with Gasteiger partial charge in [0.05, 0.1) is 19.5 Å². The van der Waals surface area contributed by atoms with Gasteiger partial charge in [-0.3, -0.25) is 4.57 Å². The number of nitrogens with zero attached hydrogens (tertiary/aromatic N) is 4. The van der Waals surface area contributed by atoms with Gasteiger partial charge in [0.1, 0.15) is 24.9 Å². The molecule has 2 aromatic heterocycles. The summed E-state index contributed by atoms with van der Waals surface area (Å²) in [5, 5.41) is 37.9. The van der Waals surface area contributed by atoms with Gasteiger partial charge in [0.2, 0.25) is 0 Å². The first-order valence-electron chi connectivity index (χ1n) is 6.93.